The number of amides is 1. The van der Waals surface area contributed by atoms with E-state index in [4.69, 9.17) is 10.5 Å². The number of primary amides is 1. The zero-order valence-corrected chi connectivity index (χ0v) is 5.78. The van der Waals surface area contributed by atoms with Crippen LogP contribution in [0.3, 0.4) is 0 Å². The highest BCUT2D eigenvalue weighted by molar-refractivity contribution is 5.94. The van der Waals surface area contributed by atoms with E-state index in [1.165, 1.54) is 6.20 Å². The molecule has 5 nitrogen and oxygen atoms in total. The maximum absolute atomic E-state index is 10.7. The summed E-state index contributed by atoms with van der Waals surface area (Å²) in [5.74, 6) is 0.00523. The van der Waals surface area contributed by atoms with Crippen molar-refractivity contribution in [3.8, 4) is 5.88 Å². The monoisotopic (exact) mass is 153 g/mol. The second kappa shape index (κ2) is 1.98. The van der Waals surface area contributed by atoms with Gasteiger partial charge < -0.3 is 10.5 Å². The summed E-state index contributed by atoms with van der Waals surface area (Å²) in [5, 5.41) is 3.91. The van der Waals surface area contributed by atoms with Gasteiger partial charge in [-0.05, 0) is 0 Å². The molecule has 11 heavy (non-hydrogen) atoms. The lowest BCUT2D eigenvalue weighted by Gasteiger charge is -1.93. The minimum atomic E-state index is -0.492. The Morgan fingerprint density at radius 2 is 2.64 bits per heavy atom. The molecule has 0 aliphatic carbocycles. The fourth-order valence-corrected chi connectivity index (χ4v) is 1.08. The summed E-state index contributed by atoms with van der Waals surface area (Å²) in [6.07, 6.45) is 1.43. The molecule has 0 bridgehead atoms. The van der Waals surface area contributed by atoms with E-state index in [1.54, 1.807) is 4.68 Å². The number of rotatable bonds is 1. The fraction of sp³-hybridized carbons (Fsp3) is 0.333. The molecule has 1 aliphatic heterocycles. The van der Waals surface area contributed by atoms with Crippen molar-refractivity contribution >= 4 is 5.91 Å². The van der Waals surface area contributed by atoms with Crippen molar-refractivity contribution < 1.29 is 9.53 Å². The Hall–Kier alpha value is -1.52. The van der Waals surface area contributed by atoms with Gasteiger partial charge in [-0.2, -0.15) is 5.10 Å². The number of carbonyl (C=O) groups is 1. The van der Waals surface area contributed by atoms with Gasteiger partial charge in [-0.15, -0.1) is 0 Å². The van der Waals surface area contributed by atoms with Crippen LogP contribution in [0.4, 0.5) is 0 Å². The van der Waals surface area contributed by atoms with Crippen molar-refractivity contribution in [1.82, 2.24) is 9.78 Å². The SMILES string of the molecule is NC(=O)c1cnn2c1OCC2. The summed E-state index contributed by atoms with van der Waals surface area (Å²) >= 11 is 0. The molecule has 0 aromatic carbocycles. The third-order valence-corrected chi connectivity index (χ3v) is 1.60. The van der Waals surface area contributed by atoms with Crippen molar-refractivity contribution in [2.45, 2.75) is 6.54 Å². The number of hydrogen-bond donors (Lipinski definition) is 1. The lowest BCUT2D eigenvalue weighted by atomic mass is 10.3. The van der Waals surface area contributed by atoms with Crippen molar-refractivity contribution in [3.05, 3.63) is 11.8 Å². The molecule has 2 heterocycles. The topological polar surface area (TPSA) is 70.1 Å². The van der Waals surface area contributed by atoms with E-state index < -0.39 is 5.91 Å². The van der Waals surface area contributed by atoms with Gasteiger partial charge in [-0.3, -0.25) is 4.79 Å². The fourth-order valence-electron chi connectivity index (χ4n) is 1.08. The van der Waals surface area contributed by atoms with Crippen LogP contribution in [-0.4, -0.2) is 22.3 Å². The Bertz CT molecular complexity index is 305. The van der Waals surface area contributed by atoms with Gasteiger partial charge in [0.25, 0.3) is 5.91 Å². The summed E-state index contributed by atoms with van der Waals surface area (Å²) in [6.45, 7) is 1.27. The molecule has 0 spiro atoms. The molecule has 1 aromatic heterocycles. The van der Waals surface area contributed by atoms with Crippen LogP contribution < -0.4 is 10.5 Å². The standard InChI is InChI=1S/C6H7N3O2/c7-5(10)4-3-8-9-1-2-11-6(4)9/h3H,1-2H2,(H2,7,10). The molecule has 58 valence electrons. The predicted molar refractivity (Wildman–Crippen MR) is 36.2 cm³/mol. The van der Waals surface area contributed by atoms with Crippen LogP contribution in [0.25, 0.3) is 0 Å². The van der Waals surface area contributed by atoms with Crippen molar-refractivity contribution in [2.75, 3.05) is 6.61 Å². The van der Waals surface area contributed by atoms with Crippen molar-refractivity contribution in [2.24, 2.45) is 5.73 Å². The first-order chi connectivity index (χ1) is 5.29. The Kier molecular flexibility index (Phi) is 1.12. The van der Waals surface area contributed by atoms with E-state index in [2.05, 4.69) is 5.10 Å². The van der Waals surface area contributed by atoms with Crippen LogP contribution in [0.2, 0.25) is 0 Å². The van der Waals surface area contributed by atoms with Crippen LogP contribution in [0.5, 0.6) is 5.88 Å². The minimum absolute atomic E-state index is 0.363. The smallest absolute Gasteiger partial charge is 0.255 e. The van der Waals surface area contributed by atoms with Crippen LogP contribution in [0, 0.1) is 0 Å². The first kappa shape index (κ1) is 6.21. The van der Waals surface area contributed by atoms with E-state index in [0.717, 1.165) is 0 Å². The molecule has 1 aliphatic rings. The zero-order valence-electron chi connectivity index (χ0n) is 5.78. The molecular weight excluding hydrogens is 146 g/mol. The molecule has 0 fully saturated rings. The molecular formula is C6H7N3O2. The Labute approximate surface area is 62.7 Å². The van der Waals surface area contributed by atoms with E-state index in [-0.39, 0.29) is 0 Å². The number of carbonyl (C=O) groups excluding carboxylic acids is 1. The molecule has 5 heteroatoms. The summed E-state index contributed by atoms with van der Waals surface area (Å²) < 4.78 is 6.76. The molecule has 0 unspecified atom stereocenters. The maximum Gasteiger partial charge on any atom is 0.255 e. The summed E-state index contributed by atoms with van der Waals surface area (Å²) in [7, 11) is 0. The third-order valence-electron chi connectivity index (χ3n) is 1.60. The van der Waals surface area contributed by atoms with Crippen LogP contribution >= 0.6 is 0 Å². The van der Waals surface area contributed by atoms with E-state index in [0.29, 0.717) is 24.6 Å². The van der Waals surface area contributed by atoms with Gasteiger partial charge in [-0.1, -0.05) is 0 Å². The van der Waals surface area contributed by atoms with Gasteiger partial charge in [0.15, 0.2) is 0 Å². The van der Waals surface area contributed by atoms with Gasteiger partial charge in [0.05, 0.1) is 12.7 Å². The average molecular weight is 153 g/mol. The lowest BCUT2D eigenvalue weighted by Crippen LogP contribution is -2.10. The highest BCUT2D eigenvalue weighted by Crippen LogP contribution is 2.21. The second-order valence-electron chi connectivity index (χ2n) is 2.30. The minimum Gasteiger partial charge on any atom is -0.475 e. The highest BCUT2D eigenvalue weighted by Gasteiger charge is 2.20. The molecule has 1 amide bonds. The van der Waals surface area contributed by atoms with E-state index in [9.17, 15) is 4.79 Å². The van der Waals surface area contributed by atoms with Gasteiger partial charge in [0.1, 0.15) is 12.2 Å². The number of fused-ring (bicyclic) bond motifs is 1. The van der Waals surface area contributed by atoms with Crippen LogP contribution in [0.15, 0.2) is 6.20 Å². The van der Waals surface area contributed by atoms with Crippen LogP contribution in [0.1, 0.15) is 10.4 Å². The first-order valence-electron chi connectivity index (χ1n) is 3.27. The number of nitrogens with zero attached hydrogens (tertiary/aromatic N) is 2. The molecule has 0 saturated carbocycles. The van der Waals surface area contributed by atoms with Gasteiger partial charge in [0.2, 0.25) is 5.88 Å². The quantitative estimate of drug-likeness (QED) is 0.584. The largest absolute Gasteiger partial charge is 0.475 e. The molecule has 0 saturated heterocycles. The molecule has 2 rings (SSSR count). The number of aromatic nitrogens is 2. The van der Waals surface area contributed by atoms with Crippen molar-refractivity contribution in [1.29, 1.82) is 0 Å². The average Bonchev–Trinajstić information content (AvgIpc) is 2.41. The number of hydrogen-bond acceptors (Lipinski definition) is 3. The summed E-state index contributed by atoms with van der Waals surface area (Å²) in [6, 6.07) is 0. The van der Waals surface area contributed by atoms with Crippen LogP contribution in [-0.2, 0) is 6.54 Å². The number of nitrogens with two attached hydrogens (primary N) is 1. The maximum atomic E-state index is 10.7. The second-order valence-corrected chi connectivity index (χ2v) is 2.30. The normalized spacial score (nSPS) is 14.2. The van der Waals surface area contributed by atoms with Crippen molar-refractivity contribution in [3.63, 3.8) is 0 Å². The molecule has 0 atom stereocenters. The van der Waals surface area contributed by atoms with Gasteiger partial charge >= 0.3 is 0 Å². The molecule has 2 N–H and O–H groups in total. The number of ether oxygens (including phenoxy) is 1. The van der Waals surface area contributed by atoms with Gasteiger partial charge in [0, 0.05) is 0 Å². The summed E-state index contributed by atoms with van der Waals surface area (Å²) in [4.78, 5) is 10.7. The lowest BCUT2D eigenvalue weighted by molar-refractivity contribution is 0.0997. The summed E-state index contributed by atoms with van der Waals surface area (Å²) in [5.41, 5.74) is 5.42. The third kappa shape index (κ3) is 0.772. The Balaban J connectivity index is 2.50. The Morgan fingerprint density at radius 3 is 3.36 bits per heavy atom. The predicted octanol–water partition coefficient (Wildman–Crippen LogP) is -0.626. The van der Waals surface area contributed by atoms with E-state index in [1.807, 2.05) is 0 Å². The Morgan fingerprint density at radius 1 is 1.82 bits per heavy atom. The first-order valence-corrected chi connectivity index (χ1v) is 3.27. The molecule has 1 aromatic rings. The molecule has 0 radical (unpaired) electrons. The highest BCUT2D eigenvalue weighted by atomic mass is 16.5. The van der Waals surface area contributed by atoms with E-state index >= 15 is 0 Å². The van der Waals surface area contributed by atoms with Gasteiger partial charge in [-0.25, -0.2) is 4.68 Å². The zero-order chi connectivity index (χ0) is 7.84.